The number of hydrogen-bond acceptors (Lipinski definition) is 10. The van der Waals surface area contributed by atoms with E-state index in [1.54, 1.807) is 0 Å². The third-order valence-electron chi connectivity index (χ3n) is 2.62. The normalized spacial score (nSPS) is 13.6. The van der Waals surface area contributed by atoms with Crippen LogP contribution in [0.5, 0.6) is 0 Å². The van der Waals surface area contributed by atoms with E-state index in [2.05, 4.69) is 0 Å². The van der Waals surface area contributed by atoms with Crippen molar-refractivity contribution in [1.29, 1.82) is 0 Å². The SMILES string of the molecule is O=S(=O)(O)[O+](C(Cl)(c1cc(Cl)c(Cl)c(Cl)c1Cl)[O+](S(=O)(=O)O)S(=O)(=O)O)S(=O)(=O)O.[OH-].[OH-]. The molecule has 190 valence electrons. The molecule has 25 heteroatoms. The van der Waals surface area contributed by atoms with Crippen molar-refractivity contribution in [3.63, 3.8) is 0 Å². The summed E-state index contributed by atoms with van der Waals surface area (Å²) >= 11 is 28.2. The van der Waals surface area contributed by atoms with Crippen molar-refractivity contribution in [1.82, 2.24) is 0 Å². The third kappa shape index (κ3) is 6.63. The van der Waals surface area contributed by atoms with Gasteiger partial charge in [-0.15, -0.1) is 33.7 Å². The van der Waals surface area contributed by atoms with Gasteiger partial charge in [-0.2, -0.15) is 0 Å². The van der Waals surface area contributed by atoms with Crippen LogP contribution in [0.2, 0.25) is 20.1 Å². The molecule has 1 aromatic carbocycles. The second-order valence-electron chi connectivity index (χ2n) is 4.56. The number of halogens is 5. The summed E-state index contributed by atoms with van der Waals surface area (Å²) in [6.45, 7) is 0. The van der Waals surface area contributed by atoms with Gasteiger partial charge in [-0.3, -0.25) is 0 Å². The molecular weight excluding hydrogens is 646 g/mol. The molecule has 0 saturated heterocycles. The highest BCUT2D eigenvalue weighted by atomic mass is 35.5. The highest BCUT2D eigenvalue weighted by Gasteiger charge is 2.77. The largest absolute Gasteiger partial charge is 0.870 e. The zero-order chi connectivity index (χ0) is 24.2. The molecule has 0 unspecified atom stereocenters. The molecule has 32 heavy (non-hydrogen) atoms. The van der Waals surface area contributed by atoms with E-state index in [4.69, 9.17) is 58.0 Å². The van der Waals surface area contributed by atoms with E-state index in [-0.39, 0.29) is 17.0 Å². The average molecular weight is 653 g/mol. The first-order valence-electron chi connectivity index (χ1n) is 5.91. The molecule has 0 aliphatic rings. The van der Waals surface area contributed by atoms with Crippen LogP contribution in [0, 0.1) is 0 Å². The van der Waals surface area contributed by atoms with Crippen LogP contribution in [0.25, 0.3) is 0 Å². The maximum Gasteiger partial charge on any atom is 0.554 e. The standard InChI is InChI=1S/C7H3Cl5O14S4.2H2O/c8-3-1-2(4(9)6(11)5(3)10)7(12,25(27(13,14)15)28(16,17)18)26(29(19,20)21)30(22,23)24;;/h1H,(H2-2,13,14,15,16,17,18,19,20,21,22,23,24);2*1H2. The maximum absolute atomic E-state index is 11.6. The highest BCUT2D eigenvalue weighted by molar-refractivity contribution is 7.96. The van der Waals surface area contributed by atoms with E-state index in [1.807, 2.05) is 0 Å². The van der Waals surface area contributed by atoms with Gasteiger partial charge >= 0.3 is 46.8 Å². The van der Waals surface area contributed by atoms with Gasteiger partial charge in [0.15, 0.2) is 5.56 Å². The topological polar surface area (TPSA) is 283 Å². The van der Waals surface area contributed by atoms with Crippen LogP contribution in [0.15, 0.2) is 6.07 Å². The van der Waals surface area contributed by atoms with Crippen LogP contribution in [0.3, 0.4) is 0 Å². The summed E-state index contributed by atoms with van der Waals surface area (Å²) < 4.78 is 128. The van der Waals surface area contributed by atoms with E-state index in [0.29, 0.717) is 0 Å². The molecule has 0 aromatic heterocycles. The summed E-state index contributed by atoms with van der Waals surface area (Å²) in [5.41, 5.74) is -1.62. The van der Waals surface area contributed by atoms with Crippen molar-refractivity contribution >= 4 is 99.6 Å². The summed E-state index contributed by atoms with van der Waals surface area (Å²) in [4.78, 5) is 0. The van der Waals surface area contributed by atoms with Gasteiger partial charge in [0.1, 0.15) is 0 Å². The Morgan fingerprint density at radius 3 is 1.16 bits per heavy atom. The van der Waals surface area contributed by atoms with E-state index < -0.39 is 79.0 Å². The second kappa shape index (κ2) is 10.4. The molecule has 0 radical (unpaired) electrons. The second-order valence-corrected chi connectivity index (χ2v) is 11.8. The lowest BCUT2D eigenvalue weighted by Gasteiger charge is -2.27. The Hall–Kier alpha value is 0.150. The van der Waals surface area contributed by atoms with Gasteiger partial charge in [-0.25, -0.2) is 18.2 Å². The average Bonchev–Trinajstić information content (AvgIpc) is 2.42. The molecule has 1 rings (SSSR count). The summed E-state index contributed by atoms with van der Waals surface area (Å²) in [7, 11) is -26.2. The smallest absolute Gasteiger partial charge is 0.554 e. The predicted molar refractivity (Wildman–Crippen MR) is 106 cm³/mol. The van der Waals surface area contributed by atoms with Gasteiger partial charge in [0.25, 0.3) is 0 Å². The minimum absolute atomic E-state index is 0. The maximum atomic E-state index is 11.6. The van der Waals surface area contributed by atoms with Crippen LogP contribution in [-0.2, 0) is 53.4 Å². The molecule has 0 aliphatic carbocycles. The number of benzene rings is 1. The third-order valence-corrected chi connectivity index (χ3v) is 9.78. The van der Waals surface area contributed by atoms with Crippen molar-refractivity contribution in [3.8, 4) is 0 Å². The van der Waals surface area contributed by atoms with E-state index >= 15 is 0 Å². The summed E-state index contributed by atoms with van der Waals surface area (Å²) in [5.74, 6) is 0. The fourth-order valence-corrected chi connectivity index (χ4v) is 7.49. The van der Waals surface area contributed by atoms with Gasteiger partial charge in [0, 0.05) is 0 Å². The first kappa shape index (κ1) is 34.3. The molecule has 0 spiro atoms. The minimum Gasteiger partial charge on any atom is -0.870 e. The molecule has 1 aromatic rings. The number of rotatable bonds is 7. The molecule has 0 saturated carbocycles. The molecule has 0 bridgehead atoms. The molecule has 0 heterocycles. The lowest BCUT2D eigenvalue weighted by Crippen LogP contribution is -2.52. The Morgan fingerprint density at radius 2 is 0.906 bits per heavy atom. The summed E-state index contributed by atoms with van der Waals surface area (Å²) in [5, 5.41) is -8.34. The number of hydrogen-bond donors (Lipinski definition) is 4. The monoisotopic (exact) mass is 650 g/mol. The van der Waals surface area contributed by atoms with Crippen molar-refractivity contribution in [2.75, 3.05) is 0 Å². The van der Waals surface area contributed by atoms with Gasteiger partial charge in [-0.05, 0) is 6.07 Å². The van der Waals surface area contributed by atoms with Crippen LogP contribution in [-0.4, -0.2) is 62.8 Å². The first-order chi connectivity index (χ1) is 13.0. The Balaban J connectivity index is 0. The van der Waals surface area contributed by atoms with Crippen LogP contribution in [0.1, 0.15) is 5.56 Å². The van der Waals surface area contributed by atoms with Crippen molar-refractivity contribution < 1.29 is 69.4 Å². The lowest BCUT2D eigenvalue weighted by molar-refractivity contribution is -0.161. The first-order valence-corrected chi connectivity index (χ1v) is 13.3. The zero-order valence-electron chi connectivity index (χ0n) is 13.9. The molecule has 6 N–H and O–H groups in total. The van der Waals surface area contributed by atoms with E-state index in [9.17, 15) is 51.9 Å². The van der Waals surface area contributed by atoms with Crippen LogP contribution < -0.4 is 0 Å². The van der Waals surface area contributed by atoms with Crippen LogP contribution >= 0.6 is 58.0 Å². The Morgan fingerprint density at radius 1 is 0.625 bits per heavy atom. The number of alkyl halides is 1. The lowest BCUT2D eigenvalue weighted by atomic mass is 10.2. The molecule has 16 nitrogen and oxygen atoms in total. The fraction of sp³-hybridized carbons (Fsp3) is 0.143. The van der Waals surface area contributed by atoms with E-state index in [1.165, 1.54) is 0 Å². The molecular formula is C7H7Cl5O16S4. The zero-order valence-corrected chi connectivity index (χ0v) is 20.9. The molecule has 0 atom stereocenters. The molecule has 0 aliphatic heterocycles. The van der Waals surface area contributed by atoms with Gasteiger partial charge < -0.3 is 11.0 Å². The minimum atomic E-state index is -6.56. The van der Waals surface area contributed by atoms with Crippen molar-refractivity contribution in [2.24, 2.45) is 0 Å². The molecule has 0 fully saturated rings. The Bertz CT molecular complexity index is 1170. The van der Waals surface area contributed by atoms with E-state index in [0.717, 1.165) is 0 Å². The van der Waals surface area contributed by atoms with Gasteiger partial charge in [-0.1, -0.05) is 52.9 Å². The fourth-order valence-electron chi connectivity index (χ4n) is 1.78. The summed E-state index contributed by atoms with van der Waals surface area (Å²) in [6, 6.07) is 0.206. The van der Waals surface area contributed by atoms with Crippen molar-refractivity contribution in [2.45, 2.75) is 5.25 Å². The Labute approximate surface area is 204 Å². The van der Waals surface area contributed by atoms with Gasteiger partial charge in [0.05, 0.1) is 31.7 Å². The van der Waals surface area contributed by atoms with Gasteiger partial charge in [0.2, 0.25) is 0 Å². The highest BCUT2D eigenvalue weighted by Crippen LogP contribution is 2.54. The Kier molecular flexibility index (Phi) is 11.2. The summed E-state index contributed by atoms with van der Waals surface area (Å²) in [6.07, 6.45) is 0. The molecule has 0 amide bonds. The quantitative estimate of drug-likeness (QED) is 0.0813. The van der Waals surface area contributed by atoms with Crippen molar-refractivity contribution in [3.05, 3.63) is 31.7 Å². The van der Waals surface area contributed by atoms with Crippen LogP contribution in [0.4, 0.5) is 0 Å². The predicted octanol–water partition coefficient (Wildman–Crippen LogP) is 1.61.